The zero-order chi connectivity index (χ0) is 16.1. The van der Waals surface area contributed by atoms with Crippen molar-refractivity contribution in [3.8, 4) is 0 Å². The molecule has 1 saturated carbocycles. The fourth-order valence-electron chi connectivity index (χ4n) is 3.52. The zero-order valence-electron chi connectivity index (χ0n) is 12.9. The van der Waals surface area contributed by atoms with Crippen molar-refractivity contribution in [3.63, 3.8) is 0 Å². The van der Waals surface area contributed by atoms with Gasteiger partial charge in [-0.1, -0.05) is 12.1 Å². The lowest BCUT2D eigenvalue weighted by Crippen LogP contribution is -2.41. The Labute approximate surface area is 140 Å². The second-order valence-corrected chi connectivity index (χ2v) is 9.39. The number of nitrogens with zero attached hydrogens (tertiary/aromatic N) is 2. The Balaban J connectivity index is 1.44. The molecule has 3 heterocycles. The van der Waals surface area contributed by atoms with Gasteiger partial charge in [-0.3, -0.25) is 9.88 Å². The number of hydrogen-bond acceptors (Lipinski definition) is 5. The van der Waals surface area contributed by atoms with Crippen LogP contribution in [0.15, 0.2) is 39.9 Å². The summed E-state index contributed by atoms with van der Waals surface area (Å²) in [7, 11) is -3.39. The second kappa shape index (κ2) is 5.37. The maximum atomic E-state index is 12.5. The molecule has 0 unspecified atom stereocenters. The number of sulfonamides is 1. The first-order chi connectivity index (χ1) is 11.0. The molecule has 4 rings (SSSR count). The van der Waals surface area contributed by atoms with E-state index in [1.54, 1.807) is 17.5 Å². The first kappa shape index (κ1) is 15.3. The van der Waals surface area contributed by atoms with E-state index in [1.807, 2.05) is 25.1 Å². The molecule has 23 heavy (non-hydrogen) atoms. The highest BCUT2D eigenvalue weighted by Gasteiger charge is 2.61. The Morgan fingerprint density at radius 3 is 3.00 bits per heavy atom. The minimum Gasteiger partial charge on any atom is -0.295 e. The lowest BCUT2D eigenvalue weighted by molar-refractivity contribution is 0.283. The Morgan fingerprint density at radius 1 is 1.39 bits per heavy atom. The number of pyridine rings is 1. The number of rotatable bonds is 5. The average molecular weight is 349 g/mol. The van der Waals surface area contributed by atoms with Crippen LogP contribution in [0, 0.1) is 12.8 Å². The van der Waals surface area contributed by atoms with E-state index in [1.165, 1.54) is 11.3 Å². The van der Waals surface area contributed by atoms with E-state index in [-0.39, 0.29) is 5.54 Å². The van der Waals surface area contributed by atoms with Crippen LogP contribution in [0.25, 0.3) is 0 Å². The standard InChI is InChI=1S/C16H19N3O2S2/c1-12-4-2-5-14(17-12)10-19-9-13-8-16(13,11-19)18-23(20,21)15-6-3-7-22-15/h2-7,13,18H,8-11H2,1H3/t13-,16+/m1/s1. The predicted molar refractivity (Wildman–Crippen MR) is 89.7 cm³/mol. The molecule has 0 radical (unpaired) electrons. The molecule has 122 valence electrons. The molecule has 0 spiro atoms. The third-order valence-corrected chi connectivity index (χ3v) is 7.60. The van der Waals surface area contributed by atoms with E-state index >= 15 is 0 Å². The molecule has 2 aromatic rings. The Hall–Kier alpha value is -1.28. The van der Waals surface area contributed by atoms with Gasteiger partial charge in [0.25, 0.3) is 10.0 Å². The van der Waals surface area contributed by atoms with E-state index in [2.05, 4.69) is 14.6 Å². The molecule has 2 atom stereocenters. The average Bonchev–Trinajstić information content (AvgIpc) is 2.89. The van der Waals surface area contributed by atoms with Crippen molar-refractivity contribution in [1.29, 1.82) is 0 Å². The van der Waals surface area contributed by atoms with Crippen LogP contribution in [0.3, 0.4) is 0 Å². The van der Waals surface area contributed by atoms with Crippen LogP contribution < -0.4 is 4.72 Å². The van der Waals surface area contributed by atoms with Gasteiger partial charge in [0.05, 0.1) is 11.2 Å². The number of likely N-dealkylation sites (tertiary alicyclic amines) is 1. The van der Waals surface area contributed by atoms with Crippen molar-refractivity contribution in [1.82, 2.24) is 14.6 Å². The maximum Gasteiger partial charge on any atom is 0.250 e. The third kappa shape index (κ3) is 2.94. The van der Waals surface area contributed by atoms with Gasteiger partial charge in [-0.15, -0.1) is 11.3 Å². The van der Waals surface area contributed by atoms with Gasteiger partial charge < -0.3 is 0 Å². The van der Waals surface area contributed by atoms with Crippen molar-refractivity contribution in [3.05, 3.63) is 47.1 Å². The van der Waals surface area contributed by atoms with Crippen LogP contribution in [0.4, 0.5) is 0 Å². The molecule has 0 aromatic carbocycles. The second-order valence-electron chi connectivity index (χ2n) is 6.53. The minimum atomic E-state index is -3.39. The molecule has 2 aliphatic rings. The first-order valence-corrected chi connectivity index (χ1v) is 10.1. The predicted octanol–water partition coefficient (Wildman–Crippen LogP) is 2.00. The molecule has 1 aliphatic carbocycles. The number of aryl methyl sites for hydroxylation is 1. The van der Waals surface area contributed by atoms with E-state index in [0.717, 1.165) is 37.4 Å². The molecular weight excluding hydrogens is 330 g/mol. The SMILES string of the molecule is Cc1cccc(CN2C[C@H]3C[C@]3(NS(=O)(=O)c3cccs3)C2)n1. The monoisotopic (exact) mass is 349 g/mol. The smallest absolute Gasteiger partial charge is 0.250 e. The largest absolute Gasteiger partial charge is 0.295 e. The molecule has 0 amide bonds. The highest BCUT2D eigenvalue weighted by Crippen LogP contribution is 2.50. The van der Waals surface area contributed by atoms with Crippen LogP contribution in [0.2, 0.25) is 0 Å². The molecule has 5 nitrogen and oxygen atoms in total. The van der Waals surface area contributed by atoms with Gasteiger partial charge in [0.1, 0.15) is 4.21 Å². The summed E-state index contributed by atoms with van der Waals surface area (Å²) >= 11 is 1.26. The van der Waals surface area contributed by atoms with Crippen LogP contribution in [0.5, 0.6) is 0 Å². The summed E-state index contributed by atoms with van der Waals surface area (Å²) in [5.74, 6) is 0.419. The van der Waals surface area contributed by atoms with Gasteiger partial charge in [0.15, 0.2) is 0 Å². The molecule has 2 fully saturated rings. The summed E-state index contributed by atoms with van der Waals surface area (Å²) in [6.07, 6.45) is 0.940. The summed E-state index contributed by atoms with van der Waals surface area (Å²) in [4.78, 5) is 6.83. The van der Waals surface area contributed by atoms with Gasteiger partial charge in [0, 0.05) is 25.3 Å². The third-order valence-electron chi connectivity index (χ3n) is 4.65. The number of nitrogens with one attached hydrogen (secondary N) is 1. The lowest BCUT2D eigenvalue weighted by Gasteiger charge is -2.21. The molecule has 1 saturated heterocycles. The number of aromatic nitrogens is 1. The number of thiophene rings is 1. The topological polar surface area (TPSA) is 62.3 Å². The van der Waals surface area contributed by atoms with Crippen molar-refractivity contribution in [2.45, 2.75) is 29.6 Å². The van der Waals surface area contributed by atoms with Crippen molar-refractivity contribution < 1.29 is 8.42 Å². The number of piperidine rings is 1. The van der Waals surface area contributed by atoms with Crippen molar-refractivity contribution >= 4 is 21.4 Å². The van der Waals surface area contributed by atoms with Crippen molar-refractivity contribution in [2.75, 3.05) is 13.1 Å². The summed E-state index contributed by atoms with van der Waals surface area (Å²) in [5, 5.41) is 1.79. The van der Waals surface area contributed by atoms with E-state index in [0.29, 0.717) is 10.1 Å². The van der Waals surface area contributed by atoms with Gasteiger partial charge in [-0.25, -0.2) is 13.1 Å². The molecule has 1 N–H and O–H groups in total. The van der Waals surface area contributed by atoms with Crippen LogP contribution in [-0.4, -0.2) is 36.9 Å². The van der Waals surface area contributed by atoms with Crippen molar-refractivity contribution in [2.24, 2.45) is 5.92 Å². The summed E-state index contributed by atoms with van der Waals surface area (Å²) in [6.45, 7) is 4.46. The molecule has 1 aliphatic heterocycles. The van der Waals surface area contributed by atoms with Crippen LogP contribution >= 0.6 is 11.3 Å². The van der Waals surface area contributed by atoms with E-state index in [9.17, 15) is 8.42 Å². The van der Waals surface area contributed by atoms with Gasteiger partial charge in [-0.05, 0) is 42.8 Å². The molecule has 0 bridgehead atoms. The normalized spacial score (nSPS) is 27.1. The summed E-state index contributed by atoms with van der Waals surface area (Å²) in [5.41, 5.74) is 1.79. The molecule has 7 heteroatoms. The minimum absolute atomic E-state index is 0.271. The molecular formula is C16H19N3O2S2. The zero-order valence-corrected chi connectivity index (χ0v) is 14.5. The first-order valence-electron chi connectivity index (χ1n) is 7.69. The van der Waals surface area contributed by atoms with Crippen LogP contribution in [0.1, 0.15) is 17.8 Å². The van der Waals surface area contributed by atoms with E-state index in [4.69, 9.17) is 0 Å². The fourth-order valence-corrected chi connectivity index (χ4v) is 5.97. The van der Waals surface area contributed by atoms with E-state index < -0.39 is 10.0 Å². The Kier molecular flexibility index (Phi) is 3.57. The maximum absolute atomic E-state index is 12.5. The lowest BCUT2D eigenvalue weighted by atomic mass is 10.2. The highest BCUT2D eigenvalue weighted by molar-refractivity contribution is 7.91. The van der Waals surface area contributed by atoms with Gasteiger partial charge in [-0.2, -0.15) is 0 Å². The number of fused-ring (bicyclic) bond motifs is 1. The van der Waals surface area contributed by atoms with Gasteiger partial charge >= 0.3 is 0 Å². The quantitative estimate of drug-likeness (QED) is 0.897. The van der Waals surface area contributed by atoms with Gasteiger partial charge in [0.2, 0.25) is 0 Å². The Bertz CT molecular complexity index is 820. The number of hydrogen-bond donors (Lipinski definition) is 1. The summed E-state index contributed by atoms with van der Waals surface area (Å²) in [6, 6.07) is 9.46. The Morgan fingerprint density at radius 2 is 2.26 bits per heavy atom. The highest BCUT2D eigenvalue weighted by atomic mass is 32.2. The van der Waals surface area contributed by atoms with Crippen LogP contribution in [-0.2, 0) is 16.6 Å². The fraction of sp³-hybridized carbons (Fsp3) is 0.438. The summed E-state index contributed by atoms with van der Waals surface area (Å²) < 4.78 is 28.3. The molecule has 2 aromatic heterocycles.